The van der Waals surface area contributed by atoms with Crippen LogP contribution in [-0.4, -0.2) is 90.2 Å². The smallest absolute Gasteiger partial charge is 0.309 e. The third-order valence-corrected chi connectivity index (χ3v) is 15.8. The van der Waals surface area contributed by atoms with Gasteiger partial charge in [-0.05, 0) is 144 Å². The van der Waals surface area contributed by atoms with Crippen LogP contribution in [0, 0.1) is 56.7 Å². The molecule has 0 aromatic heterocycles. The number of ether oxygens (including phenoxy) is 1. The molecule has 0 aliphatic heterocycles. The maximum Gasteiger partial charge on any atom is 0.309 e. The minimum absolute atomic E-state index is 0.0684. The van der Waals surface area contributed by atoms with Gasteiger partial charge in [-0.1, -0.05) is 47.1 Å². The first-order chi connectivity index (χ1) is 25.5. The zero-order chi connectivity index (χ0) is 40.9. The zero-order valence-corrected chi connectivity index (χ0v) is 35.7. The SMILES string of the molecule is CC(C)C1=C2C3CCC4C(C)(CCC5C(C)(C)C(OC(=O)CC(C)(C)C(=O)O)CCC54C)C3CCC2([C@@H](O)CN(CCN(C)C)C/C(N)=C/C=C\N)CC1=O. The van der Waals surface area contributed by atoms with Gasteiger partial charge in [-0.25, -0.2) is 0 Å². The van der Waals surface area contributed by atoms with Crippen molar-refractivity contribution in [1.29, 1.82) is 0 Å². The molecule has 10 heteroatoms. The molecule has 0 amide bonds. The number of aliphatic hydroxyl groups is 1. The van der Waals surface area contributed by atoms with E-state index in [4.69, 9.17) is 16.2 Å². The highest BCUT2D eigenvalue weighted by Crippen LogP contribution is 2.73. The van der Waals surface area contributed by atoms with Crippen molar-refractivity contribution >= 4 is 17.7 Å². The van der Waals surface area contributed by atoms with Crippen LogP contribution in [0.4, 0.5) is 0 Å². The fourth-order valence-corrected chi connectivity index (χ4v) is 13.1. The van der Waals surface area contributed by atoms with Crippen molar-refractivity contribution in [2.24, 2.45) is 68.1 Å². The predicted molar refractivity (Wildman–Crippen MR) is 217 cm³/mol. The number of nitrogens with zero attached hydrogens (tertiary/aromatic N) is 2. The second kappa shape index (κ2) is 15.9. The molecule has 0 bridgehead atoms. The van der Waals surface area contributed by atoms with Gasteiger partial charge in [0.25, 0.3) is 0 Å². The van der Waals surface area contributed by atoms with Gasteiger partial charge in [0.1, 0.15) is 6.10 Å². The number of hydrogen-bond acceptors (Lipinski definition) is 9. The number of fused-ring (bicyclic) bond motifs is 7. The van der Waals surface area contributed by atoms with Crippen LogP contribution < -0.4 is 11.5 Å². The number of aliphatic carboxylic acids is 1. The topological polar surface area (TPSA) is 159 Å². The first kappa shape index (κ1) is 43.4. The van der Waals surface area contributed by atoms with Crippen molar-refractivity contribution in [2.45, 2.75) is 132 Å². The van der Waals surface area contributed by atoms with Crippen molar-refractivity contribution in [2.75, 3.05) is 40.3 Å². The number of rotatable bonds is 14. The third kappa shape index (κ3) is 7.95. The molecule has 310 valence electrons. The standard InChI is InChI=1S/C45H74N4O6/c1-28(2)38-32(50)24-45(35(51)27-49(23-22-48(9)10)26-29(47)12-11-21-46)20-15-31-30(39(38)45)13-14-34-43(31,7)18-16-33-42(5,6)36(17-19-44(33,34)8)55-37(52)25-41(3,4)40(53)54/h11-12,21,28,30-31,33-36,51H,13-20,22-27,46-47H2,1-10H3,(H,53,54)/b21-11-,29-12-/t30?,31?,33?,34?,35-,36?,43?,44?,45?/m0/s1. The molecule has 0 aromatic rings. The van der Waals surface area contributed by atoms with E-state index in [1.807, 2.05) is 20.2 Å². The lowest BCUT2D eigenvalue weighted by atomic mass is 9.36. The first-order valence-electron chi connectivity index (χ1n) is 21.1. The average molecular weight is 767 g/mol. The highest BCUT2D eigenvalue weighted by atomic mass is 16.5. The normalized spacial score (nSPS) is 35.5. The maximum absolute atomic E-state index is 14.2. The van der Waals surface area contributed by atoms with Crippen LogP contribution in [0.3, 0.4) is 0 Å². The van der Waals surface area contributed by atoms with Crippen molar-refractivity contribution in [3.05, 3.63) is 35.2 Å². The van der Waals surface area contributed by atoms with E-state index in [2.05, 4.69) is 51.3 Å². The summed E-state index contributed by atoms with van der Waals surface area (Å²) in [5, 5.41) is 22.1. The number of carboxylic acid groups (broad SMARTS) is 1. The molecular formula is C45H74N4O6. The molecule has 0 saturated heterocycles. The highest BCUT2D eigenvalue weighted by Gasteiger charge is 2.67. The van der Waals surface area contributed by atoms with Gasteiger partial charge in [0.05, 0.1) is 17.9 Å². The molecule has 5 aliphatic rings. The molecule has 0 spiro atoms. The summed E-state index contributed by atoms with van der Waals surface area (Å²) in [6.07, 6.45) is 12.1. The van der Waals surface area contributed by atoms with Crippen molar-refractivity contribution in [1.82, 2.24) is 9.80 Å². The Labute approximate surface area is 331 Å². The van der Waals surface area contributed by atoms with Crippen LogP contribution in [0.1, 0.15) is 120 Å². The molecular weight excluding hydrogens is 693 g/mol. The minimum atomic E-state index is -1.17. The number of carboxylic acids is 1. The van der Waals surface area contributed by atoms with E-state index < -0.39 is 28.9 Å². The van der Waals surface area contributed by atoms with Crippen LogP contribution in [0.2, 0.25) is 0 Å². The number of esters is 1. The summed E-state index contributed by atoms with van der Waals surface area (Å²) in [6, 6.07) is 0. The minimum Gasteiger partial charge on any atom is -0.481 e. The lowest BCUT2D eigenvalue weighted by Crippen LogP contribution is -2.63. The molecule has 0 heterocycles. The molecule has 5 aliphatic carbocycles. The summed E-state index contributed by atoms with van der Waals surface area (Å²) in [5.74, 6) is 0.472. The summed E-state index contributed by atoms with van der Waals surface area (Å²) in [6.45, 7) is 19.6. The largest absolute Gasteiger partial charge is 0.481 e. The fraction of sp³-hybridized carbons (Fsp3) is 0.800. The second-order valence-electron chi connectivity index (χ2n) is 20.6. The summed E-state index contributed by atoms with van der Waals surface area (Å²) in [4.78, 5) is 43.4. The summed E-state index contributed by atoms with van der Waals surface area (Å²) in [7, 11) is 4.10. The molecule has 0 radical (unpaired) electrons. The summed E-state index contributed by atoms with van der Waals surface area (Å²) >= 11 is 0. The monoisotopic (exact) mass is 767 g/mol. The molecule has 55 heavy (non-hydrogen) atoms. The van der Waals surface area contributed by atoms with Gasteiger partial charge in [0.15, 0.2) is 5.78 Å². The van der Waals surface area contributed by atoms with Gasteiger partial charge >= 0.3 is 11.9 Å². The van der Waals surface area contributed by atoms with E-state index in [9.17, 15) is 24.6 Å². The number of Topliss-reactive ketones (excluding diaryl/α,β-unsaturated/α-hetero) is 1. The molecule has 5 rings (SSSR count). The van der Waals surface area contributed by atoms with Gasteiger partial charge in [-0.3, -0.25) is 19.3 Å². The lowest BCUT2D eigenvalue weighted by molar-refractivity contribution is -0.214. The van der Waals surface area contributed by atoms with Crippen LogP contribution in [-0.2, 0) is 19.1 Å². The van der Waals surface area contributed by atoms with Crippen molar-refractivity contribution in [3.8, 4) is 0 Å². The quantitative estimate of drug-likeness (QED) is 0.113. The molecule has 6 N–H and O–H groups in total. The van der Waals surface area contributed by atoms with Crippen LogP contribution >= 0.6 is 0 Å². The number of allylic oxidation sites excluding steroid dienone is 3. The molecule has 4 saturated carbocycles. The van der Waals surface area contributed by atoms with Gasteiger partial charge in [-0.2, -0.15) is 0 Å². The summed E-state index contributed by atoms with van der Waals surface area (Å²) < 4.78 is 6.16. The average Bonchev–Trinajstić information content (AvgIpc) is 3.40. The third-order valence-electron chi connectivity index (χ3n) is 15.8. The Bertz CT molecular complexity index is 1560. The van der Waals surface area contributed by atoms with Crippen molar-refractivity contribution in [3.63, 3.8) is 0 Å². The first-order valence-corrected chi connectivity index (χ1v) is 21.1. The lowest BCUT2D eigenvalue weighted by Gasteiger charge is -2.69. The van der Waals surface area contributed by atoms with Crippen LogP contribution in [0.15, 0.2) is 35.2 Å². The number of likely N-dealkylation sites (N-methyl/N-ethyl adjacent to an activating group) is 1. The number of carbonyl (C=O) groups excluding carboxylic acids is 2. The Morgan fingerprint density at radius 3 is 2.27 bits per heavy atom. The van der Waals surface area contributed by atoms with E-state index in [0.717, 1.165) is 70.0 Å². The van der Waals surface area contributed by atoms with E-state index in [0.29, 0.717) is 43.0 Å². The number of ketones is 1. The molecule has 10 nitrogen and oxygen atoms in total. The number of carbonyl (C=O) groups is 3. The maximum atomic E-state index is 14.2. The Morgan fingerprint density at radius 2 is 1.65 bits per heavy atom. The Morgan fingerprint density at radius 1 is 0.982 bits per heavy atom. The van der Waals surface area contributed by atoms with Crippen LogP contribution in [0.5, 0.6) is 0 Å². The van der Waals surface area contributed by atoms with Gasteiger partial charge in [0.2, 0.25) is 0 Å². The predicted octanol–water partition coefficient (Wildman–Crippen LogP) is 6.53. The number of hydrogen-bond donors (Lipinski definition) is 4. The Kier molecular flexibility index (Phi) is 12.6. The van der Waals surface area contributed by atoms with E-state index >= 15 is 0 Å². The Balaban J connectivity index is 1.41. The molecule has 0 aromatic carbocycles. The van der Waals surface area contributed by atoms with Crippen LogP contribution in [0.25, 0.3) is 0 Å². The number of nitrogens with two attached hydrogens (primary N) is 2. The van der Waals surface area contributed by atoms with Crippen molar-refractivity contribution < 1.29 is 29.3 Å². The number of aliphatic hydroxyl groups excluding tert-OH is 1. The summed E-state index contributed by atoms with van der Waals surface area (Å²) in [5.41, 5.74) is 13.1. The van der Waals surface area contributed by atoms with E-state index in [1.54, 1.807) is 19.9 Å². The molecule has 4 fully saturated rings. The zero-order valence-electron chi connectivity index (χ0n) is 35.7. The highest BCUT2D eigenvalue weighted by molar-refractivity contribution is 6.00. The molecule has 9 atom stereocenters. The van der Waals surface area contributed by atoms with E-state index in [-0.39, 0.29) is 46.4 Å². The van der Waals surface area contributed by atoms with Gasteiger partial charge in [0, 0.05) is 49.1 Å². The van der Waals surface area contributed by atoms with Gasteiger partial charge < -0.3 is 31.3 Å². The van der Waals surface area contributed by atoms with Gasteiger partial charge in [-0.15, -0.1) is 0 Å². The van der Waals surface area contributed by atoms with E-state index in [1.165, 1.54) is 11.8 Å². The second-order valence-corrected chi connectivity index (χ2v) is 20.6. The molecule has 8 unspecified atom stereocenters. The Hall–Kier alpha value is -2.69. The fourth-order valence-electron chi connectivity index (χ4n) is 13.1.